The molecular formula is C19H20N4OS2. The summed E-state index contributed by atoms with van der Waals surface area (Å²) >= 11 is 3.02. The van der Waals surface area contributed by atoms with E-state index >= 15 is 0 Å². The van der Waals surface area contributed by atoms with Gasteiger partial charge in [0.15, 0.2) is 0 Å². The van der Waals surface area contributed by atoms with E-state index in [9.17, 15) is 4.79 Å². The van der Waals surface area contributed by atoms with Gasteiger partial charge in [0.2, 0.25) is 11.1 Å². The number of hydrogen-bond donors (Lipinski definition) is 1. The molecule has 0 fully saturated rings. The second kappa shape index (κ2) is 9.35. The lowest BCUT2D eigenvalue weighted by Crippen LogP contribution is -2.31. The summed E-state index contributed by atoms with van der Waals surface area (Å²) in [7, 11) is 0. The predicted molar refractivity (Wildman–Crippen MR) is 108 cm³/mol. The van der Waals surface area contributed by atoms with E-state index < -0.39 is 0 Å². The van der Waals surface area contributed by atoms with Gasteiger partial charge in [0.1, 0.15) is 5.82 Å². The van der Waals surface area contributed by atoms with Crippen LogP contribution in [0.1, 0.15) is 23.2 Å². The van der Waals surface area contributed by atoms with Gasteiger partial charge in [-0.1, -0.05) is 48.2 Å². The lowest BCUT2D eigenvalue weighted by molar-refractivity contribution is -0.128. The quantitative estimate of drug-likeness (QED) is 0.592. The molecular weight excluding hydrogens is 364 g/mol. The van der Waals surface area contributed by atoms with E-state index in [-0.39, 0.29) is 5.91 Å². The Hall–Kier alpha value is -2.38. The minimum absolute atomic E-state index is 0.0850. The molecule has 0 aliphatic rings. The first-order valence-corrected chi connectivity index (χ1v) is 10.2. The standard InChI is InChI=1S/C19H20N4OS2/c1-2-23(13-15-7-4-3-5-8-15)18(24)14-26-19-20-17(21-22-19)11-10-16-9-6-12-25-16/h3-12H,2,13-14H2,1H3,(H,20,21,22)/b11-10+. The third kappa shape index (κ3) is 5.31. The van der Waals surface area contributed by atoms with E-state index in [1.165, 1.54) is 11.8 Å². The summed E-state index contributed by atoms with van der Waals surface area (Å²) in [5.41, 5.74) is 1.13. The van der Waals surface area contributed by atoms with Crippen molar-refractivity contribution in [2.45, 2.75) is 18.6 Å². The number of nitrogens with zero attached hydrogens (tertiary/aromatic N) is 3. The van der Waals surface area contributed by atoms with Gasteiger partial charge in [-0.05, 0) is 36.1 Å². The smallest absolute Gasteiger partial charge is 0.233 e. The minimum Gasteiger partial charge on any atom is -0.338 e. The highest BCUT2D eigenvalue weighted by molar-refractivity contribution is 7.99. The summed E-state index contributed by atoms with van der Waals surface area (Å²) in [4.78, 5) is 19.9. The SMILES string of the molecule is CCN(Cc1ccccc1)C(=O)CSc1n[nH]c(/C=C/c2cccs2)n1. The molecule has 0 saturated carbocycles. The van der Waals surface area contributed by atoms with Gasteiger partial charge < -0.3 is 4.90 Å². The van der Waals surface area contributed by atoms with E-state index in [0.717, 1.165) is 10.4 Å². The van der Waals surface area contributed by atoms with Gasteiger partial charge in [0, 0.05) is 18.0 Å². The number of aromatic amines is 1. The highest BCUT2D eigenvalue weighted by atomic mass is 32.2. The van der Waals surface area contributed by atoms with Crippen LogP contribution in [0.3, 0.4) is 0 Å². The summed E-state index contributed by atoms with van der Waals surface area (Å²) in [5.74, 6) is 1.10. The number of hydrogen-bond acceptors (Lipinski definition) is 5. The molecule has 3 aromatic rings. The number of rotatable bonds is 8. The van der Waals surface area contributed by atoms with Gasteiger partial charge in [-0.2, -0.15) is 0 Å². The molecule has 0 atom stereocenters. The fraction of sp³-hybridized carbons (Fsp3) is 0.211. The molecule has 134 valence electrons. The van der Waals surface area contributed by atoms with Crippen LogP contribution in [0.15, 0.2) is 53.0 Å². The third-order valence-electron chi connectivity index (χ3n) is 3.71. The Kier molecular flexibility index (Phi) is 6.62. The molecule has 2 heterocycles. The van der Waals surface area contributed by atoms with Crippen LogP contribution in [-0.2, 0) is 11.3 Å². The van der Waals surface area contributed by atoms with Crippen LogP contribution in [0.4, 0.5) is 0 Å². The summed E-state index contributed by atoms with van der Waals surface area (Å²) in [5, 5.41) is 9.66. The lowest BCUT2D eigenvalue weighted by atomic mass is 10.2. The lowest BCUT2D eigenvalue weighted by Gasteiger charge is -2.20. The maximum absolute atomic E-state index is 12.5. The monoisotopic (exact) mass is 384 g/mol. The van der Waals surface area contributed by atoms with E-state index in [0.29, 0.717) is 29.8 Å². The Morgan fingerprint density at radius 2 is 2.08 bits per heavy atom. The zero-order valence-corrected chi connectivity index (χ0v) is 16.1. The summed E-state index contributed by atoms with van der Waals surface area (Å²) in [6.45, 7) is 3.29. The van der Waals surface area contributed by atoms with Crippen molar-refractivity contribution in [1.29, 1.82) is 0 Å². The molecule has 26 heavy (non-hydrogen) atoms. The van der Waals surface area contributed by atoms with Gasteiger partial charge in [0.05, 0.1) is 5.75 Å². The van der Waals surface area contributed by atoms with Gasteiger partial charge in [-0.25, -0.2) is 4.98 Å². The van der Waals surface area contributed by atoms with Crippen LogP contribution in [0.2, 0.25) is 0 Å². The molecule has 1 N–H and O–H groups in total. The third-order valence-corrected chi connectivity index (χ3v) is 5.38. The van der Waals surface area contributed by atoms with Crippen molar-refractivity contribution in [2.24, 2.45) is 0 Å². The van der Waals surface area contributed by atoms with E-state index in [4.69, 9.17) is 0 Å². The Morgan fingerprint density at radius 1 is 1.23 bits per heavy atom. The van der Waals surface area contributed by atoms with Crippen LogP contribution < -0.4 is 0 Å². The molecule has 0 radical (unpaired) electrons. The maximum Gasteiger partial charge on any atom is 0.233 e. The highest BCUT2D eigenvalue weighted by Crippen LogP contribution is 2.16. The summed E-state index contributed by atoms with van der Waals surface area (Å²) < 4.78 is 0. The Labute approximate surface area is 161 Å². The average Bonchev–Trinajstić information content (AvgIpc) is 3.35. The predicted octanol–water partition coefficient (Wildman–Crippen LogP) is 4.18. The molecule has 2 aromatic heterocycles. The molecule has 0 aliphatic heterocycles. The van der Waals surface area contributed by atoms with E-state index in [1.54, 1.807) is 11.3 Å². The molecule has 3 rings (SSSR count). The summed E-state index contributed by atoms with van der Waals surface area (Å²) in [6.07, 6.45) is 3.88. The van der Waals surface area contributed by atoms with Gasteiger partial charge in [-0.15, -0.1) is 16.4 Å². The molecule has 0 unspecified atom stereocenters. The fourth-order valence-electron chi connectivity index (χ4n) is 2.34. The number of H-pyrrole nitrogens is 1. The Balaban J connectivity index is 1.52. The molecule has 1 aromatic carbocycles. The summed E-state index contributed by atoms with van der Waals surface area (Å²) in [6, 6.07) is 14.1. The van der Waals surface area contributed by atoms with Crippen molar-refractivity contribution in [3.8, 4) is 0 Å². The van der Waals surface area contributed by atoms with Crippen molar-refractivity contribution in [1.82, 2.24) is 20.1 Å². The van der Waals surface area contributed by atoms with Crippen molar-refractivity contribution in [2.75, 3.05) is 12.3 Å². The number of thiophene rings is 1. The number of amides is 1. The molecule has 1 amide bonds. The molecule has 0 saturated heterocycles. The zero-order valence-electron chi connectivity index (χ0n) is 14.5. The van der Waals surface area contributed by atoms with Gasteiger partial charge in [0.25, 0.3) is 0 Å². The first kappa shape index (κ1) is 18.4. The number of carbonyl (C=O) groups excluding carboxylic acids is 1. The number of thioether (sulfide) groups is 1. The second-order valence-electron chi connectivity index (χ2n) is 5.53. The number of nitrogens with one attached hydrogen (secondary N) is 1. The molecule has 0 spiro atoms. The van der Waals surface area contributed by atoms with E-state index in [2.05, 4.69) is 15.2 Å². The minimum atomic E-state index is 0.0850. The Bertz CT molecular complexity index is 844. The van der Waals surface area contributed by atoms with Crippen LogP contribution in [0.5, 0.6) is 0 Å². The molecule has 5 nitrogen and oxygen atoms in total. The number of benzene rings is 1. The van der Waals surface area contributed by atoms with Gasteiger partial charge in [-0.3, -0.25) is 9.89 Å². The largest absolute Gasteiger partial charge is 0.338 e. The topological polar surface area (TPSA) is 61.9 Å². The molecule has 0 aliphatic carbocycles. The zero-order chi connectivity index (χ0) is 18.2. The van der Waals surface area contributed by atoms with Crippen LogP contribution in [-0.4, -0.2) is 38.3 Å². The van der Waals surface area contributed by atoms with E-state index in [1.807, 2.05) is 71.8 Å². The second-order valence-corrected chi connectivity index (χ2v) is 7.46. The van der Waals surface area contributed by atoms with Crippen molar-refractivity contribution in [3.63, 3.8) is 0 Å². The average molecular weight is 385 g/mol. The van der Waals surface area contributed by atoms with Crippen molar-refractivity contribution in [3.05, 3.63) is 64.1 Å². The normalized spacial score (nSPS) is 11.1. The fourth-order valence-corrected chi connectivity index (χ4v) is 3.67. The Morgan fingerprint density at radius 3 is 2.81 bits per heavy atom. The molecule has 0 bridgehead atoms. The first-order valence-electron chi connectivity index (χ1n) is 8.33. The number of aromatic nitrogens is 3. The first-order chi connectivity index (χ1) is 12.7. The van der Waals surface area contributed by atoms with Crippen LogP contribution in [0.25, 0.3) is 12.2 Å². The molecule has 7 heteroatoms. The number of carbonyl (C=O) groups is 1. The van der Waals surface area contributed by atoms with Crippen molar-refractivity contribution >= 4 is 41.2 Å². The van der Waals surface area contributed by atoms with Gasteiger partial charge >= 0.3 is 0 Å². The highest BCUT2D eigenvalue weighted by Gasteiger charge is 2.14. The van der Waals surface area contributed by atoms with Crippen LogP contribution >= 0.6 is 23.1 Å². The van der Waals surface area contributed by atoms with Crippen molar-refractivity contribution < 1.29 is 4.79 Å². The van der Waals surface area contributed by atoms with Crippen LogP contribution in [0, 0.1) is 0 Å². The maximum atomic E-state index is 12.5.